The molecule has 1 aromatic heterocycles. The van der Waals surface area contributed by atoms with Gasteiger partial charge in [0.05, 0.1) is 18.4 Å². The van der Waals surface area contributed by atoms with Gasteiger partial charge in [-0.15, -0.1) is 17.0 Å². The van der Waals surface area contributed by atoms with Crippen molar-refractivity contribution in [1.29, 1.82) is 0 Å². The maximum Gasteiger partial charge on any atom is 0.182 e. The molecule has 0 aliphatic rings. The van der Waals surface area contributed by atoms with E-state index in [4.69, 9.17) is 11.6 Å². The lowest BCUT2D eigenvalue weighted by molar-refractivity contribution is 0.0972. The number of rotatable bonds is 5. The minimum atomic E-state index is 0. The second-order valence-corrected chi connectivity index (χ2v) is 5.90. The van der Waals surface area contributed by atoms with Crippen LogP contribution < -0.4 is 5.36 Å². The second-order valence-electron chi connectivity index (χ2n) is 5.46. The number of benzene rings is 2. The van der Waals surface area contributed by atoms with Crippen LogP contribution in [-0.2, 0) is 13.1 Å². The molecule has 3 nitrogen and oxygen atoms in total. The molecule has 0 radical (unpaired) electrons. The van der Waals surface area contributed by atoms with Crippen LogP contribution in [0.25, 0.3) is 0 Å². The van der Waals surface area contributed by atoms with E-state index in [-0.39, 0.29) is 22.8 Å². The van der Waals surface area contributed by atoms with Gasteiger partial charge in [0.2, 0.25) is 0 Å². The quantitative estimate of drug-likeness (QED) is 0.554. The fraction of sp³-hybridized carbons (Fsp3) is 0.100. The topological polar surface area (TPSA) is 34.4 Å². The Hall–Kier alpha value is -2.17. The number of carbonyl (C=O) groups is 1. The lowest BCUT2D eigenvalue weighted by atomic mass is 10.1. The van der Waals surface area contributed by atoms with Crippen LogP contribution in [0.15, 0.2) is 84.1 Å². The molecule has 0 spiro atoms. The number of carbonyl (C=O) groups excluding carboxylic acids is 1. The summed E-state index contributed by atoms with van der Waals surface area (Å²) in [5.74, 6) is 0.0469. The number of aromatic nitrogens is 1. The van der Waals surface area contributed by atoms with Crippen LogP contribution in [0.2, 0.25) is 5.02 Å². The minimum Gasteiger partial charge on any atom is -0.346 e. The molecular weight excluding hydrogens is 400 g/mol. The summed E-state index contributed by atoms with van der Waals surface area (Å²) in [7, 11) is 0. The van der Waals surface area contributed by atoms with E-state index in [1.165, 1.54) is 5.56 Å². The van der Waals surface area contributed by atoms with Crippen molar-refractivity contribution in [2.24, 2.45) is 4.99 Å². The number of halogens is 2. The largest absolute Gasteiger partial charge is 0.346 e. The van der Waals surface area contributed by atoms with E-state index in [0.717, 1.165) is 5.36 Å². The molecule has 0 bridgehead atoms. The monoisotopic (exact) mass is 416 g/mol. The first-order valence-electron chi connectivity index (χ1n) is 7.70. The summed E-state index contributed by atoms with van der Waals surface area (Å²) in [6, 6.07) is 20.9. The molecule has 0 N–H and O–H groups in total. The summed E-state index contributed by atoms with van der Waals surface area (Å²) >= 11 is 5.84. The zero-order chi connectivity index (χ0) is 16.8. The third-order valence-electron chi connectivity index (χ3n) is 3.65. The van der Waals surface area contributed by atoms with Gasteiger partial charge >= 0.3 is 0 Å². The van der Waals surface area contributed by atoms with Crippen LogP contribution in [0, 0.1) is 0 Å². The van der Waals surface area contributed by atoms with E-state index < -0.39 is 0 Å². The molecule has 0 aliphatic heterocycles. The van der Waals surface area contributed by atoms with E-state index >= 15 is 0 Å². The zero-order valence-electron chi connectivity index (χ0n) is 13.5. The SMILES string of the molecule is Br.O=C(Cn1ccc(=NCc2ccccc2)cc1)c1ccc(Cl)cc1. The molecule has 3 aromatic rings. The third-order valence-corrected chi connectivity index (χ3v) is 3.90. The van der Waals surface area contributed by atoms with E-state index in [2.05, 4.69) is 17.1 Å². The Morgan fingerprint density at radius 3 is 2.20 bits per heavy atom. The average molecular weight is 418 g/mol. The highest BCUT2D eigenvalue weighted by atomic mass is 79.9. The molecule has 0 saturated carbocycles. The van der Waals surface area contributed by atoms with Crippen molar-refractivity contribution in [3.05, 3.63) is 101 Å². The number of pyridine rings is 1. The normalized spacial score (nSPS) is 9.96. The van der Waals surface area contributed by atoms with Crippen LogP contribution in [-0.4, -0.2) is 10.4 Å². The molecule has 25 heavy (non-hydrogen) atoms. The van der Waals surface area contributed by atoms with Gasteiger partial charge in [-0.2, -0.15) is 0 Å². The molecule has 128 valence electrons. The fourth-order valence-corrected chi connectivity index (χ4v) is 2.45. The molecule has 0 atom stereocenters. The van der Waals surface area contributed by atoms with Gasteiger partial charge in [0.1, 0.15) is 0 Å². The highest BCUT2D eigenvalue weighted by Crippen LogP contribution is 2.10. The van der Waals surface area contributed by atoms with Crippen molar-refractivity contribution >= 4 is 34.4 Å². The standard InChI is InChI=1S/C20H17ClN2O.BrH/c21-18-8-6-17(7-9-18)20(24)15-23-12-10-19(11-13-23)22-14-16-4-2-1-3-5-16;/h1-13H,14-15H2;1H. The fourth-order valence-electron chi connectivity index (χ4n) is 2.32. The Morgan fingerprint density at radius 1 is 0.920 bits per heavy atom. The van der Waals surface area contributed by atoms with Gasteiger partial charge in [0.15, 0.2) is 5.78 Å². The van der Waals surface area contributed by atoms with Gasteiger partial charge in [-0.25, -0.2) is 0 Å². The lowest BCUT2D eigenvalue weighted by Gasteiger charge is -2.05. The van der Waals surface area contributed by atoms with Crippen molar-refractivity contribution < 1.29 is 4.79 Å². The van der Waals surface area contributed by atoms with Gasteiger partial charge < -0.3 is 4.57 Å². The van der Waals surface area contributed by atoms with Crippen molar-refractivity contribution in [3.63, 3.8) is 0 Å². The van der Waals surface area contributed by atoms with Crippen LogP contribution in [0.5, 0.6) is 0 Å². The second kappa shape index (κ2) is 9.35. The Morgan fingerprint density at radius 2 is 1.56 bits per heavy atom. The van der Waals surface area contributed by atoms with E-state index in [9.17, 15) is 4.79 Å². The first kappa shape index (κ1) is 19.2. The van der Waals surface area contributed by atoms with E-state index in [0.29, 0.717) is 23.7 Å². The van der Waals surface area contributed by atoms with E-state index in [1.54, 1.807) is 24.3 Å². The summed E-state index contributed by atoms with van der Waals surface area (Å²) in [4.78, 5) is 16.8. The average Bonchev–Trinajstić information content (AvgIpc) is 2.62. The molecule has 0 amide bonds. The lowest BCUT2D eigenvalue weighted by Crippen LogP contribution is -2.12. The summed E-state index contributed by atoms with van der Waals surface area (Å²) in [5.41, 5.74) is 1.83. The summed E-state index contributed by atoms with van der Waals surface area (Å²) < 4.78 is 1.85. The number of ketones is 1. The number of Topliss-reactive ketones (excluding diaryl/α,β-unsaturated/α-hetero) is 1. The van der Waals surface area contributed by atoms with Crippen LogP contribution >= 0.6 is 28.6 Å². The van der Waals surface area contributed by atoms with Gasteiger partial charge in [0.25, 0.3) is 0 Å². The van der Waals surface area contributed by atoms with Crippen LogP contribution in [0.3, 0.4) is 0 Å². The van der Waals surface area contributed by atoms with Crippen LogP contribution in [0.4, 0.5) is 0 Å². The molecule has 2 aromatic carbocycles. The number of hydrogen-bond donors (Lipinski definition) is 0. The van der Waals surface area contributed by atoms with Gasteiger partial charge in [0, 0.05) is 23.0 Å². The zero-order valence-corrected chi connectivity index (χ0v) is 16.0. The smallest absolute Gasteiger partial charge is 0.182 e. The predicted octanol–water partition coefficient (Wildman–Crippen LogP) is 4.70. The molecule has 0 aliphatic carbocycles. The number of hydrogen-bond acceptors (Lipinski definition) is 2. The molecule has 0 unspecified atom stereocenters. The molecule has 0 saturated heterocycles. The maximum atomic E-state index is 12.2. The third kappa shape index (κ3) is 5.69. The van der Waals surface area contributed by atoms with Gasteiger partial charge in [-0.3, -0.25) is 9.79 Å². The Balaban J connectivity index is 0.00000225. The van der Waals surface area contributed by atoms with Crippen LogP contribution in [0.1, 0.15) is 15.9 Å². The molecule has 3 rings (SSSR count). The minimum absolute atomic E-state index is 0. The highest BCUT2D eigenvalue weighted by Gasteiger charge is 2.05. The first-order chi connectivity index (χ1) is 11.7. The molecule has 0 fully saturated rings. The maximum absolute atomic E-state index is 12.2. The van der Waals surface area contributed by atoms with Crippen molar-refractivity contribution in [1.82, 2.24) is 4.57 Å². The van der Waals surface area contributed by atoms with Crippen molar-refractivity contribution in [2.75, 3.05) is 0 Å². The molecule has 5 heteroatoms. The predicted molar refractivity (Wildman–Crippen MR) is 106 cm³/mol. The van der Waals surface area contributed by atoms with Crippen molar-refractivity contribution in [2.45, 2.75) is 13.1 Å². The van der Waals surface area contributed by atoms with Gasteiger partial charge in [-0.05, 0) is 42.0 Å². The van der Waals surface area contributed by atoms with Gasteiger partial charge in [-0.1, -0.05) is 41.9 Å². The van der Waals surface area contributed by atoms with Crippen molar-refractivity contribution in [3.8, 4) is 0 Å². The Kier molecular flexibility index (Phi) is 7.16. The Bertz CT molecular complexity index is 869. The summed E-state index contributed by atoms with van der Waals surface area (Å²) in [6.45, 7) is 0.940. The van der Waals surface area contributed by atoms with E-state index in [1.807, 2.05) is 47.3 Å². The summed E-state index contributed by atoms with van der Waals surface area (Å²) in [5, 5.41) is 1.53. The molecular formula is C20H18BrClN2O. The number of nitrogens with zero attached hydrogens (tertiary/aromatic N) is 2. The highest BCUT2D eigenvalue weighted by molar-refractivity contribution is 8.93. The Labute approximate surface area is 162 Å². The first-order valence-corrected chi connectivity index (χ1v) is 8.08. The molecule has 1 heterocycles. The summed E-state index contributed by atoms with van der Waals surface area (Å²) in [6.07, 6.45) is 3.75.